The summed E-state index contributed by atoms with van der Waals surface area (Å²) in [6, 6.07) is 20.0. The van der Waals surface area contributed by atoms with E-state index in [2.05, 4.69) is 41.8 Å². The first-order valence-electron chi connectivity index (χ1n) is 9.02. The van der Waals surface area contributed by atoms with Gasteiger partial charge in [-0.1, -0.05) is 73.3 Å². The predicted molar refractivity (Wildman–Crippen MR) is 103 cm³/mol. The molecule has 4 rings (SSSR count). The zero-order valence-electron chi connectivity index (χ0n) is 15.0. The Labute approximate surface area is 154 Å². The molecule has 0 radical (unpaired) electrons. The van der Waals surface area contributed by atoms with Gasteiger partial charge in [-0.05, 0) is 28.2 Å². The summed E-state index contributed by atoms with van der Waals surface area (Å²) in [7, 11) is 1.46. The molecule has 0 aromatic heterocycles. The smallest absolute Gasteiger partial charge is 0.327 e. The number of carbonyl (C=O) groups excluding carboxylic acids is 1. The van der Waals surface area contributed by atoms with Crippen molar-refractivity contribution in [1.29, 1.82) is 0 Å². The van der Waals surface area contributed by atoms with Crippen molar-refractivity contribution >= 4 is 11.5 Å². The zero-order chi connectivity index (χ0) is 18.1. The van der Waals surface area contributed by atoms with E-state index in [9.17, 15) is 4.79 Å². The third kappa shape index (κ3) is 2.89. The summed E-state index contributed by atoms with van der Waals surface area (Å²) in [5, 5.41) is 0. The van der Waals surface area contributed by atoms with Gasteiger partial charge in [-0.25, -0.2) is 4.79 Å². The van der Waals surface area contributed by atoms with Crippen LogP contribution < -0.4 is 0 Å². The molecule has 132 valence electrons. The van der Waals surface area contributed by atoms with Gasteiger partial charge in [0.05, 0.1) is 7.11 Å². The van der Waals surface area contributed by atoms with Gasteiger partial charge in [-0.15, -0.1) is 0 Å². The normalized spacial score (nSPS) is 23.4. The number of likely N-dealkylation sites (tertiary alicyclic amines) is 1. The molecule has 0 bridgehead atoms. The highest BCUT2D eigenvalue weighted by molar-refractivity contribution is 5.82. The van der Waals surface area contributed by atoms with E-state index < -0.39 is 0 Å². The minimum absolute atomic E-state index is 0.200. The van der Waals surface area contributed by atoms with Gasteiger partial charge in [0.25, 0.3) is 0 Å². The van der Waals surface area contributed by atoms with E-state index in [1.54, 1.807) is 0 Å². The van der Waals surface area contributed by atoms with Crippen LogP contribution in [0.2, 0.25) is 0 Å². The van der Waals surface area contributed by atoms with Crippen molar-refractivity contribution in [3.8, 4) is 0 Å². The zero-order valence-corrected chi connectivity index (χ0v) is 15.0. The topological polar surface area (TPSA) is 29.5 Å². The molecular formula is C23H23NO2. The van der Waals surface area contributed by atoms with Crippen LogP contribution in [0.5, 0.6) is 0 Å². The monoisotopic (exact) mass is 345 g/mol. The number of methoxy groups -OCH3 is 1. The molecular weight excluding hydrogens is 322 g/mol. The number of allylic oxidation sites excluding steroid dienone is 1. The van der Waals surface area contributed by atoms with Crippen molar-refractivity contribution in [2.24, 2.45) is 11.8 Å². The Bertz CT molecular complexity index is 841. The Kier molecular flexibility index (Phi) is 4.48. The summed E-state index contributed by atoms with van der Waals surface area (Å²) in [6.07, 6.45) is 2.33. The minimum Gasteiger partial charge on any atom is -0.468 e. The van der Waals surface area contributed by atoms with Crippen LogP contribution in [0.1, 0.15) is 17.2 Å². The Hall–Kier alpha value is -2.65. The maximum Gasteiger partial charge on any atom is 0.327 e. The molecule has 1 saturated heterocycles. The molecule has 26 heavy (non-hydrogen) atoms. The van der Waals surface area contributed by atoms with E-state index in [4.69, 9.17) is 4.74 Å². The molecule has 3 nitrogen and oxygen atoms in total. The fourth-order valence-corrected chi connectivity index (χ4v) is 4.27. The van der Waals surface area contributed by atoms with Gasteiger partial charge in [0.2, 0.25) is 0 Å². The number of esters is 1. The Morgan fingerprint density at radius 3 is 2.35 bits per heavy atom. The molecule has 0 spiro atoms. The summed E-state index contributed by atoms with van der Waals surface area (Å²) in [5.41, 5.74) is 4.65. The SMILES string of the molecule is C=C1C(c2ccccc2)=C[C@H]2CN(C(C(=O)OC)c3ccccc3)CC12. The molecule has 2 aromatic carbocycles. The summed E-state index contributed by atoms with van der Waals surface area (Å²) in [4.78, 5) is 14.7. The highest BCUT2D eigenvalue weighted by Gasteiger charge is 2.43. The predicted octanol–water partition coefficient (Wildman–Crippen LogP) is 4.10. The highest BCUT2D eigenvalue weighted by Crippen LogP contribution is 2.46. The fourth-order valence-electron chi connectivity index (χ4n) is 4.27. The van der Waals surface area contributed by atoms with E-state index in [1.807, 2.05) is 36.4 Å². The number of benzene rings is 2. The highest BCUT2D eigenvalue weighted by atomic mass is 16.5. The Morgan fingerprint density at radius 1 is 1.08 bits per heavy atom. The summed E-state index contributed by atoms with van der Waals surface area (Å²) >= 11 is 0. The van der Waals surface area contributed by atoms with Crippen molar-refractivity contribution in [2.45, 2.75) is 6.04 Å². The molecule has 1 aliphatic heterocycles. The summed E-state index contributed by atoms with van der Waals surface area (Å²) < 4.78 is 5.10. The van der Waals surface area contributed by atoms with E-state index in [-0.39, 0.29) is 12.0 Å². The summed E-state index contributed by atoms with van der Waals surface area (Å²) in [5.74, 6) is 0.559. The van der Waals surface area contributed by atoms with Crippen LogP contribution in [0.3, 0.4) is 0 Å². The van der Waals surface area contributed by atoms with Crippen molar-refractivity contribution in [3.05, 3.63) is 90.0 Å². The largest absolute Gasteiger partial charge is 0.468 e. The van der Waals surface area contributed by atoms with Gasteiger partial charge in [-0.2, -0.15) is 0 Å². The third-order valence-electron chi connectivity index (χ3n) is 5.56. The second-order valence-corrected chi connectivity index (χ2v) is 7.03. The van der Waals surface area contributed by atoms with Gasteiger partial charge >= 0.3 is 5.97 Å². The number of ether oxygens (including phenoxy) is 1. The van der Waals surface area contributed by atoms with Gasteiger partial charge in [-0.3, -0.25) is 4.90 Å². The second-order valence-electron chi connectivity index (χ2n) is 7.03. The maximum absolute atomic E-state index is 12.5. The van der Waals surface area contributed by atoms with Crippen molar-refractivity contribution < 1.29 is 9.53 Å². The average Bonchev–Trinajstić information content (AvgIpc) is 3.23. The van der Waals surface area contributed by atoms with Crippen molar-refractivity contribution in [1.82, 2.24) is 4.90 Å². The lowest BCUT2D eigenvalue weighted by atomic mass is 9.93. The second kappa shape index (κ2) is 6.93. The molecule has 2 unspecified atom stereocenters. The van der Waals surface area contributed by atoms with Crippen LogP contribution in [0.4, 0.5) is 0 Å². The number of nitrogens with zero attached hydrogens (tertiary/aromatic N) is 1. The van der Waals surface area contributed by atoms with Gasteiger partial charge in [0.1, 0.15) is 6.04 Å². The van der Waals surface area contributed by atoms with Crippen LogP contribution in [-0.2, 0) is 9.53 Å². The molecule has 2 aliphatic rings. The Balaban J connectivity index is 1.60. The van der Waals surface area contributed by atoms with Crippen LogP contribution in [-0.4, -0.2) is 31.1 Å². The van der Waals surface area contributed by atoms with E-state index >= 15 is 0 Å². The van der Waals surface area contributed by atoms with E-state index in [0.717, 1.165) is 18.7 Å². The van der Waals surface area contributed by atoms with Gasteiger partial charge in [0, 0.05) is 19.0 Å². The molecule has 0 amide bonds. The quantitative estimate of drug-likeness (QED) is 0.781. The molecule has 0 N–H and O–H groups in total. The third-order valence-corrected chi connectivity index (χ3v) is 5.56. The lowest BCUT2D eigenvalue weighted by molar-refractivity contribution is -0.147. The molecule has 0 saturated carbocycles. The van der Waals surface area contributed by atoms with Crippen molar-refractivity contribution in [3.63, 3.8) is 0 Å². The first kappa shape index (κ1) is 16.8. The number of hydrogen-bond donors (Lipinski definition) is 0. The van der Waals surface area contributed by atoms with Gasteiger partial charge < -0.3 is 4.74 Å². The maximum atomic E-state index is 12.5. The number of carbonyl (C=O) groups is 1. The van der Waals surface area contributed by atoms with Crippen molar-refractivity contribution in [2.75, 3.05) is 20.2 Å². The van der Waals surface area contributed by atoms with Crippen LogP contribution in [0.15, 0.2) is 78.9 Å². The molecule has 2 aromatic rings. The molecule has 1 heterocycles. The average molecular weight is 345 g/mol. The van der Waals surface area contributed by atoms with Crippen LogP contribution in [0.25, 0.3) is 5.57 Å². The van der Waals surface area contributed by atoms with E-state index in [0.29, 0.717) is 11.8 Å². The number of hydrogen-bond acceptors (Lipinski definition) is 3. The molecule has 1 aliphatic carbocycles. The lowest BCUT2D eigenvalue weighted by Crippen LogP contribution is -2.33. The lowest BCUT2D eigenvalue weighted by Gasteiger charge is -2.26. The molecule has 3 atom stereocenters. The molecule has 3 heteroatoms. The van der Waals surface area contributed by atoms with Gasteiger partial charge in [0.15, 0.2) is 0 Å². The van der Waals surface area contributed by atoms with Crippen LogP contribution >= 0.6 is 0 Å². The van der Waals surface area contributed by atoms with E-state index in [1.165, 1.54) is 23.8 Å². The van der Waals surface area contributed by atoms with Crippen LogP contribution in [0, 0.1) is 11.8 Å². The fraction of sp³-hybridized carbons (Fsp3) is 0.261. The number of rotatable bonds is 4. The first-order valence-corrected chi connectivity index (χ1v) is 9.02. The summed E-state index contributed by atoms with van der Waals surface area (Å²) in [6.45, 7) is 6.04. The standard InChI is InChI=1S/C23H23NO2/c1-16-20(17-9-5-3-6-10-17)13-19-14-24(15-21(16)19)22(23(25)26-2)18-11-7-4-8-12-18/h3-13,19,21-22H,1,14-15H2,2H3/t19-,21?,22?/m0/s1. The number of fused-ring (bicyclic) bond motifs is 1. The first-order chi connectivity index (χ1) is 12.7. The Morgan fingerprint density at radius 2 is 1.73 bits per heavy atom. The molecule has 1 fully saturated rings. The minimum atomic E-state index is -0.354.